The fourth-order valence-corrected chi connectivity index (χ4v) is 3.21. The summed E-state index contributed by atoms with van der Waals surface area (Å²) in [7, 11) is 0. The Kier molecular flexibility index (Phi) is 5.83. The summed E-state index contributed by atoms with van der Waals surface area (Å²) >= 11 is 1.81. The highest BCUT2D eigenvalue weighted by molar-refractivity contribution is 8.00. The molecule has 0 aliphatic heterocycles. The van der Waals surface area contributed by atoms with Crippen LogP contribution >= 0.6 is 11.8 Å². The summed E-state index contributed by atoms with van der Waals surface area (Å²) in [6, 6.07) is 7.62. The zero-order valence-corrected chi connectivity index (χ0v) is 15.6. The third-order valence-electron chi connectivity index (χ3n) is 3.13. The monoisotopic (exact) mass is 344 g/mol. The van der Waals surface area contributed by atoms with Crippen molar-refractivity contribution in [2.45, 2.75) is 50.8 Å². The molecule has 0 aliphatic rings. The molecule has 2 N–H and O–H groups in total. The van der Waals surface area contributed by atoms with Gasteiger partial charge < -0.3 is 10.6 Å². The maximum absolute atomic E-state index is 12.1. The molecule has 2 rings (SSSR count). The van der Waals surface area contributed by atoms with Crippen molar-refractivity contribution in [1.82, 2.24) is 15.3 Å². The first kappa shape index (κ1) is 18.3. The Hall–Kier alpha value is -2.08. The lowest BCUT2D eigenvalue weighted by Crippen LogP contribution is -2.28. The molecular weight excluding hydrogens is 320 g/mol. The number of nitrogens with zero attached hydrogens (tertiary/aromatic N) is 2. The van der Waals surface area contributed by atoms with Gasteiger partial charge >= 0.3 is 6.03 Å². The van der Waals surface area contributed by atoms with Crippen molar-refractivity contribution in [3.05, 3.63) is 47.5 Å². The van der Waals surface area contributed by atoms with E-state index in [-0.39, 0.29) is 10.8 Å². The van der Waals surface area contributed by atoms with Crippen molar-refractivity contribution < 1.29 is 4.79 Å². The lowest BCUT2D eigenvalue weighted by molar-refractivity contribution is 0.251. The Morgan fingerprint density at radius 3 is 2.58 bits per heavy atom. The van der Waals surface area contributed by atoms with Crippen LogP contribution in [0.2, 0.25) is 0 Å². The molecular formula is C18H24N4OS. The van der Waals surface area contributed by atoms with E-state index in [4.69, 9.17) is 0 Å². The third-order valence-corrected chi connectivity index (χ3v) is 4.24. The molecule has 0 atom stereocenters. The third kappa shape index (κ3) is 5.85. The van der Waals surface area contributed by atoms with Gasteiger partial charge in [-0.15, -0.1) is 11.8 Å². The quantitative estimate of drug-likeness (QED) is 0.811. The lowest BCUT2D eigenvalue weighted by Gasteiger charge is -2.18. The summed E-state index contributed by atoms with van der Waals surface area (Å²) in [6.45, 7) is 10.7. The van der Waals surface area contributed by atoms with Gasteiger partial charge in [-0.2, -0.15) is 0 Å². The van der Waals surface area contributed by atoms with E-state index in [0.29, 0.717) is 12.4 Å². The van der Waals surface area contributed by atoms with E-state index in [1.54, 1.807) is 12.3 Å². The maximum atomic E-state index is 12.1. The van der Waals surface area contributed by atoms with Crippen LogP contribution in [0.3, 0.4) is 0 Å². The zero-order chi connectivity index (χ0) is 17.7. The summed E-state index contributed by atoms with van der Waals surface area (Å²) in [5, 5.41) is 5.69. The molecule has 0 aliphatic carbocycles. The van der Waals surface area contributed by atoms with Gasteiger partial charge in [0, 0.05) is 21.5 Å². The molecule has 0 radical (unpaired) electrons. The molecule has 1 aromatic carbocycles. The Balaban J connectivity index is 1.94. The highest BCUT2D eigenvalue weighted by atomic mass is 32.2. The number of nitrogens with one attached hydrogen (secondary N) is 2. The molecule has 0 saturated heterocycles. The minimum atomic E-state index is -0.245. The van der Waals surface area contributed by atoms with E-state index in [1.807, 2.05) is 37.7 Å². The van der Waals surface area contributed by atoms with Gasteiger partial charge in [0.1, 0.15) is 5.82 Å². The summed E-state index contributed by atoms with van der Waals surface area (Å²) in [5.41, 5.74) is 2.63. The predicted molar refractivity (Wildman–Crippen MR) is 99.4 cm³/mol. The van der Waals surface area contributed by atoms with E-state index in [0.717, 1.165) is 16.9 Å². The molecule has 1 heterocycles. The molecule has 128 valence electrons. The normalized spacial score (nSPS) is 11.2. The minimum Gasteiger partial charge on any atom is -0.332 e. The van der Waals surface area contributed by atoms with Crippen LogP contribution in [0, 0.1) is 13.8 Å². The van der Waals surface area contributed by atoms with Crippen molar-refractivity contribution in [3.8, 4) is 0 Å². The molecule has 0 bridgehead atoms. The van der Waals surface area contributed by atoms with E-state index >= 15 is 0 Å². The number of hydrogen-bond donors (Lipinski definition) is 2. The van der Waals surface area contributed by atoms with Crippen molar-refractivity contribution in [3.63, 3.8) is 0 Å². The van der Waals surface area contributed by atoms with Crippen LogP contribution in [0.5, 0.6) is 0 Å². The Morgan fingerprint density at radius 2 is 1.96 bits per heavy atom. The van der Waals surface area contributed by atoms with E-state index in [1.165, 1.54) is 4.90 Å². The Bertz CT molecular complexity index is 725. The van der Waals surface area contributed by atoms with Crippen molar-refractivity contribution in [2.24, 2.45) is 0 Å². The fraction of sp³-hybridized carbons (Fsp3) is 0.389. The maximum Gasteiger partial charge on any atom is 0.319 e. The molecule has 0 spiro atoms. The number of rotatable bonds is 4. The highest BCUT2D eigenvalue weighted by Gasteiger charge is 2.13. The predicted octanol–water partition coefficient (Wildman–Crippen LogP) is 4.31. The molecule has 6 heteroatoms. The van der Waals surface area contributed by atoms with E-state index in [9.17, 15) is 4.79 Å². The number of benzene rings is 1. The van der Waals surface area contributed by atoms with Crippen LogP contribution in [-0.2, 0) is 6.54 Å². The van der Waals surface area contributed by atoms with Crippen LogP contribution in [-0.4, -0.2) is 20.7 Å². The van der Waals surface area contributed by atoms with Gasteiger partial charge in [-0.05, 0) is 43.7 Å². The van der Waals surface area contributed by atoms with Gasteiger partial charge in [0.15, 0.2) is 0 Å². The minimum absolute atomic E-state index is 0.161. The summed E-state index contributed by atoms with van der Waals surface area (Å²) in [4.78, 5) is 21.6. The van der Waals surface area contributed by atoms with Gasteiger partial charge in [-0.1, -0.05) is 20.8 Å². The highest BCUT2D eigenvalue weighted by Crippen LogP contribution is 2.33. The molecule has 2 aromatic rings. The second kappa shape index (κ2) is 7.66. The van der Waals surface area contributed by atoms with E-state index in [2.05, 4.69) is 47.4 Å². The number of carbonyl (C=O) groups excluding carboxylic acids is 1. The number of urea groups is 1. The van der Waals surface area contributed by atoms with Crippen molar-refractivity contribution >= 4 is 23.5 Å². The molecule has 0 fully saturated rings. The summed E-state index contributed by atoms with van der Waals surface area (Å²) < 4.78 is 0.161. The van der Waals surface area contributed by atoms with Crippen LogP contribution in [0.4, 0.5) is 10.5 Å². The fourth-order valence-electron chi connectivity index (χ4n) is 2.13. The Labute approximate surface area is 147 Å². The standard InChI is InChI=1S/C18H24N4OS/c1-12-10-15(24-18(3,4)5)6-7-16(12)22-17(23)20-11-14-8-9-19-13(2)21-14/h6-10H,11H2,1-5H3,(H2,20,22,23). The van der Waals surface area contributed by atoms with Crippen LogP contribution in [0.15, 0.2) is 35.4 Å². The van der Waals surface area contributed by atoms with Crippen LogP contribution in [0.25, 0.3) is 0 Å². The smallest absolute Gasteiger partial charge is 0.319 e. The first-order chi connectivity index (χ1) is 11.2. The topological polar surface area (TPSA) is 66.9 Å². The largest absolute Gasteiger partial charge is 0.332 e. The lowest BCUT2D eigenvalue weighted by atomic mass is 10.2. The summed E-state index contributed by atoms with van der Waals surface area (Å²) in [5.74, 6) is 0.692. The molecule has 5 nitrogen and oxygen atoms in total. The summed E-state index contributed by atoms with van der Waals surface area (Å²) in [6.07, 6.45) is 1.69. The molecule has 2 amide bonds. The second-order valence-electron chi connectivity index (χ2n) is 6.59. The van der Waals surface area contributed by atoms with E-state index < -0.39 is 0 Å². The number of anilines is 1. The molecule has 24 heavy (non-hydrogen) atoms. The van der Waals surface area contributed by atoms with Gasteiger partial charge in [-0.25, -0.2) is 14.8 Å². The Morgan fingerprint density at radius 1 is 1.21 bits per heavy atom. The average Bonchev–Trinajstić information content (AvgIpc) is 2.46. The van der Waals surface area contributed by atoms with Gasteiger partial charge in [0.25, 0.3) is 0 Å². The number of aromatic nitrogens is 2. The zero-order valence-electron chi connectivity index (χ0n) is 14.8. The average molecular weight is 344 g/mol. The van der Waals surface area contributed by atoms with Crippen LogP contribution < -0.4 is 10.6 Å². The van der Waals surface area contributed by atoms with Gasteiger partial charge in [0.05, 0.1) is 12.2 Å². The number of carbonyl (C=O) groups is 1. The van der Waals surface area contributed by atoms with Crippen LogP contribution in [0.1, 0.15) is 37.9 Å². The first-order valence-corrected chi connectivity index (χ1v) is 8.68. The van der Waals surface area contributed by atoms with Crippen molar-refractivity contribution in [1.29, 1.82) is 0 Å². The van der Waals surface area contributed by atoms with Gasteiger partial charge in [-0.3, -0.25) is 0 Å². The number of aryl methyl sites for hydroxylation is 2. The molecule has 0 unspecified atom stereocenters. The van der Waals surface area contributed by atoms with Gasteiger partial charge in [0.2, 0.25) is 0 Å². The first-order valence-electron chi connectivity index (χ1n) is 7.86. The molecule has 0 saturated carbocycles. The number of thioether (sulfide) groups is 1. The SMILES string of the molecule is Cc1nccc(CNC(=O)Nc2ccc(SC(C)(C)C)cc2C)n1. The number of hydrogen-bond acceptors (Lipinski definition) is 4. The molecule has 1 aromatic heterocycles. The van der Waals surface area contributed by atoms with Crippen molar-refractivity contribution in [2.75, 3.05) is 5.32 Å². The second-order valence-corrected chi connectivity index (χ2v) is 8.49. The number of amides is 2.